The van der Waals surface area contributed by atoms with Gasteiger partial charge in [-0.25, -0.2) is 0 Å². The normalized spacial score (nSPS) is 15.0. The van der Waals surface area contributed by atoms with Crippen LogP contribution in [-0.2, 0) is 31.7 Å². The molecule has 2 aromatic rings. The number of unbranched alkanes of at least 4 members (excludes halogenated alkanes) is 2. The van der Waals surface area contributed by atoms with E-state index in [4.69, 9.17) is 9.47 Å². The van der Waals surface area contributed by atoms with Gasteiger partial charge in [-0.05, 0) is 67.5 Å². The molecule has 0 heterocycles. The molecule has 0 spiro atoms. The van der Waals surface area contributed by atoms with Crippen molar-refractivity contribution in [3.8, 4) is 0 Å². The van der Waals surface area contributed by atoms with Gasteiger partial charge >= 0.3 is 5.97 Å². The fraction of sp³-hybridized carbons (Fsp3) is 0.629. The van der Waals surface area contributed by atoms with Gasteiger partial charge in [0.2, 0.25) is 0 Å². The van der Waals surface area contributed by atoms with Crippen LogP contribution in [0.3, 0.4) is 0 Å². The lowest BCUT2D eigenvalue weighted by atomic mass is 9.77. The van der Waals surface area contributed by atoms with Crippen molar-refractivity contribution in [3.63, 3.8) is 0 Å². The Bertz CT molecular complexity index is 982. The minimum atomic E-state index is -0.500. The number of ether oxygens (including phenoxy) is 2. The van der Waals surface area contributed by atoms with Gasteiger partial charge in [-0.2, -0.15) is 11.8 Å². The summed E-state index contributed by atoms with van der Waals surface area (Å²) in [5, 5.41) is 0. The Morgan fingerprint density at radius 1 is 0.769 bits per heavy atom. The molecule has 0 aliphatic heterocycles. The molecule has 0 saturated carbocycles. The predicted molar refractivity (Wildman–Crippen MR) is 169 cm³/mol. The molecule has 0 bridgehead atoms. The van der Waals surface area contributed by atoms with Crippen molar-refractivity contribution < 1.29 is 14.3 Å². The lowest BCUT2D eigenvalue weighted by molar-refractivity contribution is -0.161. The number of esters is 1. The quantitative estimate of drug-likeness (QED) is 0.136. The first-order valence-corrected chi connectivity index (χ1v) is 16.3. The maximum Gasteiger partial charge on any atom is 0.307 e. The molecule has 0 aromatic heterocycles. The summed E-state index contributed by atoms with van der Waals surface area (Å²) in [6.45, 7) is 18.0. The molecule has 0 amide bonds. The molecule has 2 aromatic carbocycles. The van der Waals surface area contributed by atoms with E-state index in [1.807, 2.05) is 18.7 Å². The van der Waals surface area contributed by atoms with Crippen LogP contribution in [0, 0.1) is 0 Å². The highest BCUT2D eigenvalue weighted by molar-refractivity contribution is 7.99. The maximum atomic E-state index is 12.5. The molecule has 39 heavy (non-hydrogen) atoms. The van der Waals surface area contributed by atoms with E-state index in [-0.39, 0.29) is 17.0 Å². The van der Waals surface area contributed by atoms with Crippen LogP contribution in [0.2, 0.25) is 0 Å². The van der Waals surface area contributed by atoms with Crippen molar-refractivity contribution in [2.75, 3.05) is 18.1 Å². The topological polar surface area (TPSA) is 35.5 Å². The van der Waals surface area contributed by atoms with E-state index in [1.165, 1.54) is 41.5 Å². The van der Waals surface area contributed by atoms with E-state index in [9.17, 15) is 4.79 Å². The van der Waals surface area contributed by atoms with Gasteiger partial charge in [0.1, 0.15) is 5.60 Å². The van der Waals surface area contributed by atoms with Crippen molar-refractivity contribution in [1.29, 1.82) is 0 Å². The summed E-state index contributed by atoms with van der Waals surface area (Å²) in [6, 6.07) is 17.9. The second kappa shape index (κ2) is 15.9. The Labute approximate surface area is 243 Å². The standard InChI is InChI=1S/C35H54O3S/c1-9-13-14-26-39-27-23-32(36)38-34(7,11-3)24-25-37-35(8,12-4)31-21-19-30(20-22-31)33(5,6)29-17-15-28(10-2)16-18-29/h15-22H,9-14,23-27H2,1-8H3. The molecule has 2 atom stereocenters. The van der Waals surface area contributed by atoms with Gasteiger partial charge in [0.05, 0.1) is 18.6 Å². The molecule has 2 rings (SSSR count). The minimum absolute atomic E-state index is 0.0743. The monoisotopic (exact) mass is 554 g/mol. The number of benzene rings is 2. The predicted octanol–water partition coefficient (Wildman–Crippen LogP) is 9.63. The fourth-order valence-corrected chi connectivity index (χ4v) is 5.71. The first kappa shape index (κ1) is 33.4. The molecular weight excluding hydrogens is 500 g/mol. The molecule has 218 valence electrons. The Hall–Kier alpha value is -1.78. The number of carbonyl (C=O) groups excluding carboxylic acids is 1. The van der Waals surface area contributed by atoms with Crippen LogP contribution in [0.25, 0.3) is 0 Å². The third-order valence-corrected chi connectivity index (χ3v) is 9.55. The number of aryl methyl sites for hydroxylation is 1. The molecule has 0 aliphatic carbocycles. The van der Waals surface area contributed by atoms with Crippen LogP contribution >= 0.6 is 11.8 Å². The molecule has 0 aliphatic rings. The summed E-state index contributed by atoms with van der Waals surface area (Å²) in [6.07, 6.45) is 7.58. The summed E-state index contributed by atoms with van der Waals surface area (Å²) in [5.74, 6) is 1.87. The van der Waals surface area contributed by atoms with Crippen molar-refractivity contribution in [3.05, 3.63) is 70.8 Å². The number of hydrogen-bond acceptors (Lipinski definition) is 4. The van der Waals surface area contributed by atoms with Crippen molar-refractivity contribution in [2.24, 2.45) is 0 Å². The lowest BCUT2D eigenvalue weighted by Crippen LogP contribution is -2.34. The third-order valence-electron chi connectivity index (χ3n) is 8.48. The highest BCUT2D eigenvalue weighted by Crippen LogP contribution is 2.35. The van der Waals surface area contributed by atoms with Crippen LogP contribution < -0.4 is 0 Å². The summed E-state index contributed by atoms with van der Waals surface area (Å²) in [7, 11) is 0. The number of rotatable bonds is 18. The third kappa shape index (κ3) is 9.97. The summed E-state index contributed by atoms with van der Waals surface area (Å²) < 4.78 is 12.5. The van der Waals surface area contributed by atoms with Crippen LogP contribution in [0.5, 0.6) is 0 Å². The highest BCUT2D eigenvalue weighted by Gasteiger charge is 2.31. The fourth-order valence-electron chi connectivity index (χ4n) is 4.78. The lowest BCUT2D eigenvalue weighted by Gasteiger charge is -2.34. The van der Waals surface area contributed by atoms with Crippen molar-refractivity contribution >= 4 is 17.7 Å². The van der Waals surface area contributed by atoms with Gasteiger partial charge in [-0.3, -0.25) is 4.79 Å². The molecule has 0 saturated heterocycles. The molecule has 0 N–H and O–H groups in total. The molecule has 2 unspecified atom stereocenters. The van der Waals surface area contributed by atoms with Crippen LogP contribution in [0.15, 0.2) is 48.5 Å². The van der Waals surface area contributed by atoms with E-state index in [0.717, 1.165) is 30.8 Å². The Balaban J connectivity index is 1.96. The van der Waals surface area contributed by atoms with Gasteiger partial charge in [0, 0.05) is 17.6 Å². The van der Waals surface area contributed by atoms with Crippen LogP contribution in [0.1, 0.15) is 123 Å². The first-order valence-electron chi connectivity index (χ1n) is 15.2. The van der Waals surface area contributed by atoms with E-state index in [0.29, 0.717) is 19.4 Å². The maximum absolute atomic E-state index is 12.5. The van der Waals surface area contributed by atoms with E-state index in [1.54, 1.807) is 0 Å². The average Bonchev–Trinajstić information content (AvgIpc) is 2.94. The smallest absolute Gasteiger partial charge is 0.307 e. The Kier molecular flexibility index (Phi) is 13.6. The molecule has 0 fully saturated rings. The Morgan fingerprint density at radius 3 is 1.90 bits per heavy atom. The Morgan fingerprint density at radius 2 is 1.36 bits per heavy atom. The van der Waals surface area contributed by atoms with Gasteiger partial charge in [-0.1, -0.05) is 103 Å². The van der Waals surface area contributed by atoms with E-state index >= 15 is 0 Å². The first-order chi connectivity index (χ1) is 18.5. The van der Waals surface area contributed by atoms with Crippen molar-refractivity contribution in [1.82, 2.24) is 0 Å². The van der Waals surface area contributed by atoms with E-state index in [2.05, 4.69) is 97.0 Å². The second-order valence-electron chi connectivity index (χ2n) is 11.8. The zero-order chi connectivity index (χ0) is 28.9. The van der Waals surface area contributed by atoms with Crippen LogP contribution in [0.4, 0.5) is 0 Å². The molecule has 3 nitrogen and oxygen atoms in total. The largest absolute Gasteiger partial charge is 0.459 e. The summed E-state index contributed by atoms with van der Waals surface area (Å²) >= 11 is 1.85. The molecule has 4 heteroatoms. The number of hydrogen-bond donors (Lipinski definition) is 0. The van der Waals surface area contributed by atoms with Gasteiger partial charge in [0.15, 0.2) is 0 Å². The molecule has 0 radical (unpaired) electrons. The van der Waals surface area contributed by atoms with Crippen LogP contribution in [-0.4, -0.2) is 29.7 Å². The average molecular weight is 555 g/mol. The number of thioether (sulfide) groups is 1. The summed E-state index contributed by atoms with van der Waals surface area (Å²) in [4.78, 5) is 12.5. The zero-order valence-corrected chi connectivity index (χ0v) is 26.8. The van der Waals surface area contributed by atoms with Gasteiger partial charge in [0.25, 0.3) is 0 Å². The SMILES string of the molecule is CCCCCSCCC(=O)OC(C)(CC)CCOC(C)(CC)c1ccc(C(C)(C)c2ccc(CC)cc2)cc1. The second-order valence-corrected chi connectivity index (χ2v) is 13.0. The van der Waals surface area contributed by atoms with Gasteiger partial charge in [-0.15, -0.1) is 0 Å². The number of carbonyl (C=O) groups is 1. The zero-order valence-electron chi connectivity index (χ0n) is 26.0. The highest BCUT2D eigenvalue weighted by atomic mass is 32.2. The van der Waals surface area contributed by atoms with Gasteiger partial charge < -0.3 is 9.47 Å². The summed E-state index contributed by atoms with van der Waals surface area (Å²) in [5.41, 5.74) is 4.20. The minimum Gasteiger partial charge on any atom is -0.459 e. The molecular formula is C35H54O3S. The van der Waals surface area contributed by atoms with Crippen molar-refractivity contribution in [2.45, 2.75) is 123 Å². The van der Waals surface area contributed by atoms with E-state index < -0.39 is 5.60 Å².